The molecule has 0 spiro atoms. The van der Waals surface area contributed by atoms with Crippen LogP contribution in [0.4, 0.5) is 5.13 Å². The summed E-state index contributed by atoms with van der Waals surface area (Å²) in [5.74, 6) is 0.510. The first-order valence-electron chi connectivity index (χ1n) is 4.51. The standard InChI is InChI=1S/C9H16N2OS/c1-7(2)8(3-5-12)11-9-10-4-6-13-9/h4,6-8,12H,3,5H2,1-2H3,(H,10,11). The van der Waals surface area contributed by atoms with Gasteiger partial charge in [0, 0.05) is 24.2 Å². The predicted octanol–water partition coefficient (Wildman–Crippen LogP) is 1.96. The Labute approximate surface area is 82.8 Å². The van der Waals surface area contributed by atoms with Gasteiger partial charge in [-0.05, 0) is 12.3 Å². The van der Waals surface area contributed by atoms with Crippen LogP contribution in [0.25, 0.3) is 0 Å². The lowest BCUT2D eigenvalue weighted by Crippen LogP contribution is -2.26. The van der Waals surface area contributed by atoms with E-state index in [1.54, 1.807) is 17.5 Å². The molecule has 1 atom stereocenters. The van der Waals surface area contributed by atoms with E-state index in [0.717, 1.165) is 11.6 Å². The molecule has 0 aromatic carbocycles. The van der Waals surface area contributed by atoms with Crippen LogP contribution in [0.3, 0.4) is 0 Å². The van der Waals surface area contributed by atoms with Crippen molar-refractivity contribution in [2.75, 3.05) is 11.9 Å². The summed E-state index contributed by atoms with van der Waals surface area (Å²) >= 11 is 1.59. The van der Waals surface area contributed by atoms with E-state index in [2.05, 4.69) is 24.1 Å². The average molecular weight is 200 g/mol. The highest BCUT2D eigenvalue weighted by molar-refractivity contribution is 7.13. The molecule has 0 amide bonds. The minimum Gasteiger partial charge on any atom is -0.396 e. The third kappa shape index (κ3) is 3.32. The van der Waals surface area contributed by atoms with Gasteiger partial charge < -0.3 is 10.4 Å². The van der Waals surface area contributed by atoms with E-state index in [1.807, 2.05) is 5.38 Å². The third-order valence-corrected chi connectivity index (χ3v) is 2.69. The maximum atomic E-state index is 8.86. The van der Waals surface area contributed by atoms with Gasteiger partial charge in [0.25, 0.3) is 0 Å². The van der Waals surface area contributed by atoms with Crippen molar-refractivity contribution in [1.82, 2.24) is 4.98 Å². The van der Waals surface area contributed by atoms with Crippen LogP contribution in [0.2, 0.25) is 0 Å². The molecule has 74 valence electrons. The van der Waals surface area contributed by atoms with E-state index >= 15 is 0 Å². The summed E-state index contributed by atoms with van der Waals surface area (Å²) in [6.45, 7) is 4.50. The van der Waals surface area contributed by atoms with E-state index < -0.39 is 0 Å². The summed E-state index contributed by atoms with van der Waals surface area (Å²) in [5, 5.41) is 15.0. The lowest BCUT2D eigenvalue weighted by Gasteiger charge is -2.20. The molecule has 13 heavy (non-hydrogen) atoms. The molecule has 2 N–H and O–H groups in total. The first-order valence-corrected chi connectivity index (χ1v) is 5.39. The minimum absolute atomic E-state index is 0.223. The first-order chi connectivity index (χ1) is 6.24. The molecule has 4 heteroatoms. The molecule has 0 aliphatic heterocycles. The lowest BCUT2D eigenvalue weighted by molar-refractivity contribution is 0.267. The Bertz CT molecular complexity index is 224. The number of aliphatic hydroxyl groups is 1. The van der Waals surface area contributed by atoms with Crippen LogP contribution in [0.1, 0.15) is 20.3 Å². The molecule has 0 saturated heterocycles. The molecule has 0 fully saturated rings. The molecule has 3 nitrogen and oxygen atoms in total. The number of hydrogen-bond acceptors (Lipinski definition) is 4. The van der Waals surface area contributed by atoms with Crippen molar-refractivity contribution in [2.45, 2.75) is 26.3 Å². The van der Waals surface area contributed by atoms with Gasteiger partial charge in [-0.15, -0.1) is 11.3 Å². The number of thiazole rings is 1. The van der Waals surface area contributed by atoms with Crippen LogP contribution in [0.15, 0.2) is 11.6 Å². The smallest absolute Gasteiger partial charge is 0.182 e. The fourth-order valence-electron chi connectivity index (χ4n) is 1.16. The molecule has 0 radical (unpaired) electrons. The summed E-state index contributed by atoms with van der Waals surface area (Å²) in [5.41, 5.74) is 0. The molecule has 1 heterocycles. The second-order valence-electron chi connectivity index (χ2n) is 3.34. The van der Waals surface area contributed by atoms with Gasteiger partial charge in [0.15, 0.2) is 5.13 Å². The highest BCUT2D eigenvalue weighted by Crippen LogP contribution is 2.16. The van der Waals surface area contributed by atoms with Crippen molar-refractivity contribution >= 4 is 16.5 Å². The Morgan fingerprint density at radius 1 is 1.62 bits per heavy atom. The molecule has 1 rings (SSSR count). The van der Waals surface area contributed by atoms with Crippen LogP contribution < -0.4 is 5.32 Å². The molecule has 0 bridgehead atoms. The monoisotopic (exact) mass is 200 g/mol. The number of anilines is 1. The van der Waals surface area contributed by atoms with Gasteiger partial charge in [0.2, 0.25) is 0 Å². The summed E-state index contributed by atoms with van der Waals surface area (Å²) in [4.78, 5) is 4.15. The molecular weight excluding hydrogens is 184 g/mol. The third-order valence-electron chi connectivity index (χ3n) is 1.99. The maximum Gasteiger partial charge on any atom is 0.182 e. The van der Waals surface area contributed by atoms with Crippen molar-refractivity contribution < 1.29 is 5.11 Å². The van der Waals surface area contributed by atoms with E-state index in [-0.39, 0.29) is 6.61 Å². The number of nitrogens with one attached hydrogen (secondary N) is 1. The van der Waals surface area contributed by atoms with Gasteiger partial charge in [0.1, 0.15) is 0 Å². The minimum atomic E-state index is 0.223. The van der Waals surface area contributed by atoms with Gasteiger partial charge in [0.05, 0.1) is 0 Å². The maximum absolute atomic E-state index is 8.86. The Balaban J connectivity index is 2.47. The molecular formula is C9H16N2OS. The Morgan fingerprint density at radius 3 is 2.85 bits per heavy atom. The van der Waals surface area contributed by atoms with E-state index in [0.29, 0.717) is 12.0 Å². The van der Waals surface area contributed by atoms with Crippen LogP contribution in [-0.2, 0) is 0 Å². The van der Waals surface area contributed by atoms with Crippen molar-refractivity contribution in [3.63, 3.8) is 0 Å². The van der Waals surface area contributed by atoms with Crippen molar-refractivity contribution in [3.05, 3.63) is 11.6 Å². The van der Waals surface area contributed by atoms with Crippen molar-refractivity contribution in [1.29, 1.82) is 0 Å². The fraction of sp³-hybridized carbons (Fsp3) is 0.667. The van der Waals surface area contributed by atoms with E-state index in [4.69, 9.17) is 5.11 Å². The van der Waals surface area contributed by atoms with Gasteiger partial charge in [-0.2, -0.15) is 0 Å². The van der Waals surface area contributed by atoms with Gasteiger partial charge in [-0.25, -0.2) is 4.98 Å². The van der Waals surface area contributed by atoms with Gasteiger partial charge in [-0.3, -0.25) is 0 Å². The summed E-state index contributed by atoms with van der Waals surface area (Å²) in [7, 11) is 0. The lowest BCUT2D eigenvalue weighted by atomic mass is 10.0. The van der Waals surface area contributed by atoms with Gasteiger partial charge >= 0.3 is 0 Å². The second kappa shape index (κ2) is 5.19. The topological polar surface area (TPSA) is 45.1 Å². The molecule has 0 saturated carbocycles. The summed E-state index contributed by atoms with van der Waals surface area (Å²) < 4.78 is 0. The highest BCUT2D eigenvalue weighted by atomic mass is 32.1. The SMILES string of the molecule is CC(C)C(CCO)Nc1nccs1. The summed E-state index contributed by atoms with van der Waals surface area (Å²) in [6.07, 6.45) is 2.56. The predicted molar refractivity (Wildman–Crippen MR) is 56.1 cm³/mol. The van der Waals surface area contributed by atoms with Crippen molar-refractivity contribution in [3.8, 4) is 0 Å². The number of hydrogen-bond donors (Lipinski definition) is 2. The first kappa shape index (κ1) is 10.5. The molecule has 1 aromatic rings. The highest BCUT2D eigenvalue weighted by Gasteiger charge is 2.12. The van der Waals surface area contributed by atoms with Gasteiger partial charge in [-0.1, -0.05) is 13.8 Å². The molecule has 0 aliphatic rings. The molecule has 0 aliphatic carbocycles. The number of aromatic nitrogens is 1. The summed E-state index contributed by atoms with van der Waals surface area (Å²) in [6, 6.07) is 0.316. The molecule has 1 unspecified atom stereocenters. The van der Waals surface area contributed by atoms with E-state index in [9.17, 15) is 0 Å². The van der Waals surface area contributed by atoms with Crippen LogP contribution in [-0.4, -0.2) is 22.7 Å². The Morgan fingerprint density at radius 2 is 2.38 bits per heavy atom. The van der Waals surface area contributed by atoms with Crippen molar-refractivity contribution in [2.24, 2.45) is 5.92 Å². The molecule has 1 aromatic heterocycles. The van der Waals surface area contributed by atoms with Crippen LogP contribution in [0.5, 0.6) is 0 Å². The second-order valence-corrected chi connectivity index (χ2v) is 4.24. The van der Waals surface area contributed by atoms with Crippen LogP contribution in [0, 0.1) is 5.92 Å². The van der Waals surface area contributed by atoms with Crippen LogP contribution >= 0.6 is 11.3 Å². The zero-order valence-corrected chi connectivity index (χ0v) is 8.84. The zero-order chi connectivity index (χ0) is 9.68. The fourth-order valence-corrected chi connectivity index (χ4v) is 1.76. The number of nitrogens with zero attached hydrogens (tertiary/aromatic N) is 1. The van der Waals surface area contributed by atoms with E-state index in [1.165, 1.54) is 0 Å². The quantitative estimate of drug-likeness (QED) is 0.763. The Kier molecular flexibility index (Phi) is 4.18. The normalized spacial score (nSPS) is 13.2. The number of rotatable bonds is 5. The number of aliphatic hydroxyl groups excluding tert-OH is 1. The largest absolute Gasteiger partial charge is 0.396 e. The Hall–Kier alpha value is -0.610. The zero-order valence-electron chi connectivity index (χ0n) is 8.03. The average Bonchev–Trinajstić information content (AvgIpc) is 2.56.